The number of hydrogen-bond acceptors (Lipinski definition) is 1. The summed E-state index contributed by atoms with van der Waals surface area (Å²) in [6, 6.07) is 0. The Hall–Kier alpha value is -0.610. The standard InChI is InChI=1S/C12H16S/c1-6-7-9(2)11-8-12(4,5)13-10(11)3/h1,7H,8H2,2-5H3/b9-7-. The molecule has 13 heavy (non-hydrogen) atoms. The Morgan fingerprint density at radius 2 is 2.23 bits per heavy atom. The molecule has 70 valence electrons. The van der Waals surface area contributed by atoms with Crippen LogP contribution in [-0.2, 0) is 0 Å². The zero-order valence-corrected chi connectivity index (χ0v) is 9.59. The van der Waals surface area contributed by atoms with Crippen molar-refractivity contribution in [3.8, 4) is 12.3 Å². The van der Waals surface area contributed by atoms with Crippen LogP contribution >= 0.6 is 11.8 Å². The molecule has 0 bridgehead atoms. The molecule has 0 spiro atoms. The molecular formula is C12H16S. The number of allylic oxidation sites excluding steroid dienone is 4. The van der Waals surface area contributed by atoms with Crippen LogP contribution in [0.1, 0.15) is 34.1 Å². The lowest BCUT2D eigenvalue weighted by atomic mass is 9.97. The van der Waals surface area contributed by atoms with Gasteiger partial charge in [-0.25, -0.2) is 0 Å². The first-order valence-electron chi connectivity index (χ1n) is 4.48. The van der Waals surface area contributed by atoms with E-state index >= 15 is 0 Å². The molecule has 0 amide bonds. The highest BCUT2D eigenvalue weighted by Crippen LogP contribution is 2.47. The van der Waals surface area contributed by atoms with Crippen LogP contribution < -0.4 is 0 Å². The fraction of sp³-hybridized carbons (Fsp3) is 0.500. The van der Waals surface area contributed by atoms with E-state index in [0.29, 0.717) is 4.75 Å². The minimum Gasteiger partial charge on any atom is -0.124 e. The SMILES string of the molecule is C#C/C=C(/C)C1=C(C)SC(C)(C)C1. The van der Waals surface area contributed by atoms with Crippen molar-refractivity contribution in [2.75, 3.05) is 0 Å². The highest BCUT2D eigenvalue weighted by atomic mass is 32.2. The summed E-state index contributed by atoms with van der Waals surface area (Å²) in [5.41, 5.74) is 2.69. The van der Waals surface area contributed by atoms with Crippen molar-refractivity contribution in [1.29, 1.82) is 0 Å². The largest absolute Gasteiger partial charge is 0.124 e. The molecule has 0 aromatic carbocycles. The highest BCUT2D eigenvalue weighted by Gasteiger charge is 2.29. The lowest BCUT2D eigenvalue weighted by molar-refractivity contribution is 0.720. The Morgan fingerprint density at radius 3 is 2.62 bits per heavy atom. The van der Waals surface area contributed by atoms with Gasteiger partial charge in [-0.05, 0) is 42.4 Å². The fourth-order valence-corrected chi connectivity index (χ4v) is 3.09. The van der Waals surface area contributed by atoms with Gasteiger partial charge in [-0.2, -0.15) is 0 Å². The van der Waals surface area contributed by atoms with Crippen molar-refractivity contribution in [3.05, 3.63) is 22.1 Å². The maximum atomic E-state index is 5.25. The smallest absolute Gasteiger partial charge is 0.0188 e. The van der Waals surface area contributed by atoms with Gasteiger partial charge in [-0.15, -0.1) is 18.2 Å². The minimum atomic E-state index is 0.350. The maximum absolute atomic E-state index is 5.25. The molecule has 0 aromatic rings. The summed E-state index contributed by atoms with van der Waals surface area (Å²) >= 11 is 1.96. The second-order valence-electron chi connectivity index (χ2n) is 4.07. The van der Waals surface area contributed by atoms with E-state index in [2.05, 4.69) is 33.6 Å². The van der Waals surface area contributed by atoms with Gasteiger partial charge in [0.15, 0.2) is 0 Å². The quantitative estimate of drug-likeness (QED) is 0.570. The summed E-state index contributed by atoms with van der Waals surface area (Å²) in [6.45, 7) is 8.83. The van der Waals surface area contributed by atoms with E-state index in [1.807, 2.05) is 17.8 Å². The first kappa shape index (κ1) is 10.5. The van der Waals surface area contributed by atoms with E-state index in [9.17, 15) is 0 Å². The summed E-state index contributed by atoms with van der Waals surface area (Å²) in [7, 11) is 0. The summed E-state index contributed by atoms with van der Waals surface area (Å²) < 4.78 is 0.350. The first-order chi connectivity index (χ1) is 5.96. The molecule has 1 aliphatic rings. The topological polar surface area (TPSA) is 0 Å². The third-order valence-corrected chi connectivity index (χ3v) is 3.48. The van der Waals surface area contributed by atoms with Gasteiger partial charge in [-0.3, -0.25) is 0 Å². The summed E-state index contributed by atoms with van der Waals surface area (Å²) in [5, 5.41) is 0. The fourth-order valence-electron chi connectivity index (χ4n) is 1.69. The average Bonchev–Trinajstić information content (AvgIpc) is 2.25. The Morgan fingerprint density at radius 1 is 1.62 bits per heavy atom. The summed E-state index contributed by atoms with van der Waals surface area (Å²) in [4.78, 5) is 1.43. The molecule has 0 saturated carbocycles. The van der Waals surface area contributed by atoms with Crippen molar-refractivity contribution < 1.29 is 0 Å². The number of thioether (sulfide) groups is 1. The van der Waals surface area contributed by atoms with Crippen LogP contribution in [0.2, 0.25) is 0 Å². The second kappa shape index (κ2) is 3.64. The lowest BCUT2D eigenvalue weighted by Crippen LogP contribution is -2.09. The molecule has 0 unspecified atom stereocenters. The second-order valence-corrected chi connectivity index (χ2v) is 5.99. The predicted molar refractivity (Wildman–Crippen MR) is 61.6 cm³/mol. The molecule has 0 aliphatic carbocycles. The number of terminal acetylenes is 1. The third kappa shape index (κ3) is 2.42. The van der Waals surface area contributed by atoms with E-state index in [1.165, 1.54) is 16.1 Å². The lowest BCUT2D eigenvalue weighted by Gasteiger charge is -2.15. The van der Waals surface area contributed by atoms with Crippen molar-refractivity contribution in [2.45, 2.75) is 38.9 Å². The first-order valence-corrected chi connectivity index (χ1v) is 5.30. The van der Waals surface area contributed by atoms with Crippen LogP contribution in [0.25, 0.3) is 0 Å². The van der Waals surface area contributed by atoms with E-state index in [0.717, 1.165) is 6.42 Å². The molecule has 0 saturated heterocycles. The van der Waals surface area contributed by atoms with Crippen molar-refractivity contribution in [2.24, 2.45) is 0 Å². The van der Waals surface area contributed by atoms with Gasteiger partial charge >= 0.3 is 0 Å². The van der Waals surface area contributed by atoms with E-state index in [4.69, 9.17) is 6.42 Å². The molecule has 0 fully saturated rings. The number of hydrogen-bond donors (Lipinski definition) is 0. The highest BCUT2D eigenvalue weighted by molar-refractivity contribution is 8.04. The molecule has 1 heteroatoms. The van der Waals surface area contributed by atoms with Gasteiger partial charge in [0, 0.05) is 4.75 Å². The van der Waals surface area contributed by atoms with Gasteiger partial charge in [0.05, 0.1) is 0 Å². The molecule has 0 aromatic heterocycles. The van der Waals surface area contributed by atoms with Crippen LogP contribution in [0.5, 0.6) is 0 Å². The molecule has 1 aliphatic heterocycles. The van der Waals surface area contributed by atoms with Crippen LogP contribution in [0.4, 0.5) is 0 Å². The Kier molecular flexibility index (Phi) is 2.93. The van der Waals surface area contributed by atoms with Gasteiger partial charge in [0.25, 0.3) is 0 Å². The molecule has 1 rings (SSSR count). The average molecular weight is 192 g/mol. The van der Waals surface area contributed by atoms with E-state index in [-0.39, 0.29) is 0 Å². The third-order valence-electron chi connectivity index (χ3n) is 2.23. The van der Waals surface area contributed by atoms with Crippen molar-refractivity contribution >= 4 is 11.8 Å². The molecule has 0 nitrogen and oxygen atoms in total. The Balaban J connectivity index is 2.91. The van der Waals surface area contributed by atoms with Crippen molar-refractivity contribution in [1.82, 2.24) is 0 Å². The molecular weight excluding hydrogens is 176 g/mol. The predicted octanol–water partition coefficient (Wildman–Crippen LogP) is 3.76. The van der Waals surface area contributed by atoms with Crippen LogP contribution in [0.3, 0.4) is 0 Å². The molecule has 0 atom stereocenters. The van der Waals surface area contributed by atoms with E-state index < -0.39 is 0 Å². The summed E-state index contributed by atoms with van der Waals surface area (Å²) in [5.74, 6) is 2.59. The zero-order chi connectivity index (χ0) is 10.1. The van der Waals surface area contributed by atoms with Gasteiger partial charge in [-0.1, -0.05) is 19.8 Å². The van der Waals surface area contributed by atoms with Gasteiger partial charge < -0.3 is 0 Å². The Labute approximate surface area is 85.5 Å². The zero-order valence-electron chi connectivity index (χ0n) is 8.77. The molecule has 1 heterocycles. The van der Waals surface area contributed by atoms with Crippen LogP contribution in [-0.4, -0.2) is 4.75 Å². The summed E-state index contributed by atoms with van der Waals surface area (Å²) in [6.07, 6.45) is 8.25. The molecule has 0 N–H and O–H groups in total. The van der Waals surface area contributed by atoms with E-state index in [1.54, 1.807) is 0 Å². The van der Waals surface area contributed by atoms with Gasteiger partial charge in [0.2, 0.25) is 0 Å². The normalized spacial score (nSPS) is 21.9. The van der Waals surface area contributed by atoms with Gasteiger partial charge in [0.1, 0.15) is 0 Å². The van der Waals surface area contributed by atoms with Crippen LogP contribution in [0.15, 0.2) is 22.1 Å². The maximum Gasteiger partial charge on any atom is 0.0188 e. The van der Waals surface area contributed by atoms with Crippen molar-refractivity contribution in [3.63, 3.8) is 0 Å². The Bertz CT molecular complexity index is 311. The molecule has 0 radical (unpaired) electrons. The minimum absolute atomic E-state index is 0.350. The monoisotopic (exact) mass is 192 g/mol. The van der Waals surface area contributed by atoms with Crippen LogP contribution in [0, 0.1) is 12.3 Å². The number of rotatable bonds is 1.